The molecule has 0 aliphatic carbocycles. The first-order chi connectivity index (χ1) is 12.0. The molecule has 3 nitrogen and oxygen atoms in total. The fraction of sp³-hybridized carbons (Fsp3) is 0.238. The van der Waals surface area contributed by atoms with Gasteiger partial charge < -0.3 is 4.74 Å². The molecule has 0 spiro atoms. The third kappa shape index (κ3) is 4.34. The summed E-state index contributed by atoms with van der Waals surface area (Å²) in [5.41, 5.74) is 4.85. The first kappa shape index (κ1) is 17.4. The Morgan fingerprint density at radius 1 is 1.08 bits per heavy atom. The summed E-state index contributed by atoms with van der Waals surface area (Å²) in [5, 5.41) is 2.87. The average Bonchev–Trinajstić information content (AvgIpc) is 3.09. The number of aryl methyl sites for hydroxylation is 1. The number of benzene rings is 2. The monoisotopic (exact) mass is 351 g/mol. The fourth-order valence-electron chi connectivity index (χ4n) is 2.43. The number of hydrogen-bond donors (Lipinski definition) is 0. The van der Waals surface area contributed by atoms with Crippen molar-refractivity contribution in [2.24, 2.45) is 0 Å². The van der Waals surface area contributed by atoms with Crippen LogP contribution in [-0.4, -0.2) is 11.0 Å². The van der Waals surface area contributed by atoms with Gasteiger partial charge in [-0.05, 0) is 30.5 Å². The maximum Gasteiger partial charge on any atom is 0.338 e. The van der Waals surface area contributed by atoms with Crippen LogP contribution in [0.5, 0.6) is 0 Å². The number of carbonyl (C=O) groups is 1. The number of hydrogen-bond acceptors (Lipinski definition) is 4. The molecule has 0 bridgehead atoms. The van der Waals surface area contributed by atoms with E-state index in [1.54, 1.807) is 11.3 Å². The molecule has 0 saturated carbocycles. The van der Waals surface area contributed by atoms with Gasteiger partial charge >= 0.3 is 5.97 Å². The Morgan fingerprint density at radius 3 is 2.40 bits per heavy atom. The second-order valence-electron chi connectivity index (χ2n) is 6.36. The molecule has 0 saturated heterocycles. The van der Waals surface area contributed by atoms with E-state index in [1.165, 1.54) is 11.1 Å². The number of thiazole rings is 1. The van der Waals surface area contributed by atoms with Gasteiger partial charge in [0.25, 0.3) is 0 Å². The molecule has 0 atom stereocenters. The predicted molar refractivity (Wildman–Crippen MR) is 102 cm³/mol. The molecule has 25 heavy (non-hydrogen) atoms. The van der Waals surface area contributed by atoms with Crippen molar-refractivity contribution in [1.29, 1.82) is 0 Å². The first-order valence-electron chi connectivity index (χ1n) is 8.31. The number of rotatable bonds is 5. The van der Waals surface area contributed by atoms with E-state index in [-0.39, 0.29) is 12.6 Å². The maximum absolute atomic E-state index is 12.2. The minimum Gasteiger partial charge on any atom is -0.456 e. The Hall–Kier alpha value is -2.46. The van der Waals surface area contributed by atoms with Crippen molar-refractivity contribution in [2.75, 3.05) is 0 Å². The molecule has 0 N–H and O–H groups in total. The molecule has 1 aromatic heterocycles. The van der Waals surface area contributed by atoms with Gasteiger partial charge in [-0.15, -0.1) is 11.3 Å². The van der Waals surface area contributed by atoms with Crippen LogP contribution in [0.25, 0.3) is 10.6 Å². The molecule has 0 aliphatic heterocycles. The van der Waals surface area contributed by atoms with Gasteiger partial charge in [0, 0.05) is 10.9 Å². The minimum atomic E-state index is -0.319. The second kappa shape index (κ2) is 7.62. The van der Waals surface area contributed by atoms with E-state index < -0.39 is 0 Å². The van der Waals surface area contributed by atoms with Crippen LogP contribution in [0.4, 0.5) is 0 Å². The zero-order valence-electron chi connectivity index (χ0n) is 14.7. The third-order valence-electron chi connectivity index (χ3n) is 4.01. The number of esters is 1. The van der Waals surface area contributed by atoms with Gasteiger partial charge in [0.15, 0.2) is 0 Å². The fourth-order valence-corrected chi connectivity index (χ4v) is 3.24. The summed E-state index contributed by atoms with van der Waals surface area (Å²) in [7, 11) is 0. The van der Waals surface area contributed by atoms with E-state index in [0.29, 0.717) is 11.5 Å². The Morgan fingerprint density at radius 2 is 1.76 bits per heavy atom. The zero-order chi connectivity index (χ0) is 17.8. The summed E-state index contributed by atoms with van der Waals surface area (Å²) >= 11 is 1.56. The standard InChI is InChI=1S/C21H21NO2S/c1-14(2)16-8-10-18(11-9-16)21(23)24-12-19-13-25-20(22-19)17-6-4-15(3)5-7-17/h4-11,13-14H,12H2,1-3H3. The van der Waals surface area contributed by atoms with E-state index in [1.807, 2.05) is 29.6 Å². The van der Waals surface area contributed by atoms with Gasteiger partial charge in [-0.25, -0.2) is 9.78 Å². The second-order valence-corrected chi connectivity index (χ2v) is 7.22. The molecule has 0 fully saturated rings. The van der Waals surface area contributed by atoms with Crippen molar-refractivity contribution in [3.63, 3.8) is 0 Å². The highest BCUT2D eigenvalue weighted by Gasteiger charge is 2.10. The highest BCUT2D eigenvalue weighted by molar-refractivity contribution is 7.13. The molecule has 2 aromatic carbocycles. The SMILES string of the molecule is Cc1ccc(-c2nc(COC(=O)c3ccc(C(C)C)cc3)cs2)cc1. The summed E-state index contributed by atoms with van der Waals surface area (Å²) < 4.78 is 5.39. The molecule has 3 aromatic rings. The molecule has 1 heterocycles. The number of carbonyl (C=O) groups excluding carboxylic acids is 1. The smallest absolute Gasteiger partial charge is 0.338 e. The molecule has 0 aliphatic rings. The van der Waals surface area contributed by atoms with Crippen LogP contribution in [0.1, 0.15) is 46.9 Å². The zero-order valence-corrected chi connectivity index (χ0v) is 15.5. The molecule has 0 radical (unpaired) electrons. The minimum absolute atomic E-state index is 0.188. The molecular formula is C21H21NO2S. The summed E-state index contributed by atoms with van der Waals surface area (Å²) in [6.45, 7) is 6.50. The summed E-state index contributed by atoms with van der Waals surface area (Å²) in [6.07, 6.45) is 0. The maximum atomic E-state index is 12.2. The van der Waals surface area contributed by atoms with Gasteiger partial charge in [0.1, 0.15) is 11.6 Å². The molecular weight excluding hydrogens is 330 g/mol. The first-order valence-corrected chi connectivity index (χ1v) is 9.19. The lowest BCUT2D eigenvalue weighted by Gasteiger charge is -2.07. The van der Waals surface area contributed by atoms with Crippen LogP contribution in [0.2, 0.25) is 0 Å². The largest absolute Gasteiger partial charge is 0.456 e. The topological polar surface area (TPSA) is 39.2 Å². The van der Waals surface area contributed by atoms with E-state index in [4.69, 9.17) is 4.74 Å². The van der Waals surface area contributed by atoms with Crippen molar-refractivity contribution in [1.82, 2.24) is 4.98 Å². The van der Waals surface area contributed by atoms with Gasteiger partial charge in [0.05, 0.1) is 11.3 Å². The molecule has 0 amide bonds. The highest BCUT2D eigenvalue weighted by atomic mass is 32.1. The number of ether oxygens (including phenoxy) is 1. The van der Waals surface area contributed by atoms with E-state index in [2.05, 4.69) is 50.0 Å². The van der Waals surface area contributed by atoms with E-state index in [0.717, 1.165) is 16.3 Å². The lowest BCUT2D eigenvalue weighted by Crippen LogP contribution is -2.05. The van der Waals surface area contributed by atoms with Crippen LogP contribution in [-0.2, 0) is 11.3 Å². The lowest BCUT2D eigenvalue weighted by molar-refractivity contribution is 0.0468. The lowest BCUT2D eigenvalue weighted by atomic mass is 10.0. The van der Waals surface area contributed by atoms with E-state index >= 15 is 0 Å². The molecule has 4 heteroatoms. The van der Waals surface area contributed by atoms with Gasteiger partial charge in [0.2, 0.25) is 0 Å². The van der Waals surface area contributed by atoms with Crippen LogP contribution >= 0.6 is 11.3 Å². The van der Waals surface area contributed by atoms with Gasteiger partial charge in [-0.2, -0.15) is 0 Å². The average molecular weight is 351 g/mol. The number of aromatic nitrogens is 1. The molecule has 0 unspecified atom stereocenters. The van der Waals surface area contributed by atoms with Crippen LogP contribution in [0, 0.1) is 6.92 Å². The summed E-state index contributed by atoms with van der Waals surface area (Å²) in [6, 6.07) is 15.8. The quantitative estimate of drug-likeness (QED) is 0.562. The summed E-state index contributed by atoms with van der Waals surface area (Å²) in [5.74, 6) is 0.125. The predicted octanol–water partition coefficient (Wildman–Crippen LogP) is 5.60. The van der Waals surface area contributed by atoms with Crippen LogP contribution < -0.4 is 0 Å². The summed E-state index contributed by atoms with van der Waals surface area (Å²) in [4.78, 5) is 16.7. The highest BCUT2D eigenvalue weighted by Crippen LogP contribution is 2.24. The third-order valence-corrected chi connectivity index (χ3v) is 4.95. The molecule has 3 rings (SSSR count). The Labute approximate surface area is 152 Å². The van der Waals surface area contributed by atoms with Gasteiger partial charge in [-0.1, -0.05) is 55.8 Å². The molecule has 128 valence electrons. The number of nitrogens with zero attached hydrogens (tertiary/aromatic N) is 1. The van der Waals surface area contributed by atoms with Crippen molar-refractivity contribution < 1.29 is 9.53 Å². The van der Waals surface area contributed by atoms with Crippen molar-refractivity contribution in [3.8, 4) is 10.6 Å². The normalized spacial score (nSPS) is 10.9. The Kier molecular flexibility index (Phi) is 5.29. The van der Waals surface area contributed by atoms with Gasteiger partial charge in [-0.3, -0.25) is 0 Å². The van der Waals surface area contributed by atoms with Crippen LogP contribution in [0.15, 0.2) is 53.9 Å². The van der Waals surface area contributed by atoms with Crippen molar-refractivity contribution in [3.05, 3.63) is 76.3 Å². The van der Waals surface area contributed by atoms with Crippen molar-refractivity contribution >= 4 is 17.3 Å². The Bertz CT molecular complexity index is 848. The van der Waals surface area contributed by atoms with E-state index in [9.17, 15) is 4.79 Å². The van der Waals surface area contributed by atoms with Crippen LogP contribution in [0.3, 0.4) is 0 Å². The van der Waals surface area contributed by atoms with Crippen molar-refractivity contribution in [2.45, 2.75) is 33.3 Å². The Balaban J connectivity index is 1.61.